The number of rotatable bonds is 4. The van der Waals surface area contributed by atoms with E-state index in [9.17, 15) is 28.8 Å². The molecule has 0 saturated heterocycles. The molecule has 138 valence electrons. The maximum absolute atomic E-state index is 12.2. The molecule has 0 aliphatic rings. The molecule has 0 aliphatic heterocycles. The highest BCUT2D eigenvalue weighted by molar-refractivity contribution is 6.14. The summed E-state index contributed by atoms with van der Waals surface area (Å²) in [6, 6.07) is 0. The van der Waals surface area contributed by atoms with Crippen molar-refractivity contribution in [1.82, 2.24) is 10.0 Å². The van der Waals surface area contributed by atoms with Crippen molar-refractivity contribution in [3.05, 3.63) is 0 Å². The van der Waals surface area contributed by atoms with Gasteiger partial charge in [-0.1, -0.05) is 13.8 Å². The van der Waals surface area contributed by atoms with Gasteiger partial charge in [-0.3, -0.25) is 19.2 Å². The van der Waals surface area contributed by atoms with E-state index >= 15 is 0 Å². The molecule has 10 heteroatoms. The van der Waals surface area contributed by atoms with Crippen LogP contribution in [-0.2, 0) is 28.8 Å². The lowest BCUT2D eigenvalue weighted by atomic mass is 10.3. The molecule has 4 amide bonds. The first-order valence-electron chi connectivity index (χ1n) is 7.39. The number of aliphatic carboxylic acids is 2. The summed E-state index contributed by atoms with van der Waals surface area (Å²) in [6.07, 6.45) is -0.00831. The number of amides is 4. The van der Waals surface area contributed by atoms with Gasteiger partial charge in [0.25, 0.3) is 0 Å². The first-order chi connectivity index (χ1) is 12.1. The van der Waals surface area contributed by atoms with Crippen LogP contribution in [0.2, 0.25) is 0 Å². The Morgan fingerprint density at radius 3 is 1.19 bits per heavy atom. The first kappa shape index (κ1) is 22.3. The molecule has 0 rings (SSSR count). The smallest absolute Gasteiger partial charge is 0.382 e. The van der Waals surface area contributed by atoms with Crippen LogP contribution < -0.4 is 0 Å². The van der Waals surface area contributed by atoms with Gasteiger partial charge in [0.05, 0.1) is 0 Å². The van der Waals surface area contributed by atoms with Gasteiger partial charge < -0.3 is 10.2 Å². The van der Waals surface area contributed by atoms with E-state index < -0.39 is 35.6 Å². The zero-order chi connectivity index (χ0) is 20.3. The number of hydrogen-bond donors (Lipinski definition) is 2. The lowest BCUT2D eigenvalue weighted by Crippen LogP contribution is -2.55. The predicted octanol–water partition coefficient (Wildman–Crippen LogP) is -0.612. The second kappa shape index (κ2) is 11.0. The Labute approximate surface area is 148 Å². The number of nitrogens with zero attached hydrogens (tertiary/aromatic N) is 2. The topological polar surface area (TPSA) is 149 Å². The third-order valence-corrected chi connectivity index (χ3v) is 2.54. The Morgan fingerprint density at radius 1 is 0.654 bits per heavy atom. The van der Waals surface area contributed by atoms with Crippen molar-refractivity contribution in [3.63, 3.8) is 0 Å². The minimum atomic E-state index is -1.66. The summed E-state index contributed by atoms with van der Waals surface area (Å²) in [7, 11) is 0. The molecule has 26 heavy (non-hydrogen) atoms. The Balaban J connectivity index is 6.16. The first-order valence-corrected chi connectivity index (χ1v) is 7.39. The third-order valence-electron chi connectivity index (χ3n) is 2.54. The van der Waals surface area contributed by atoms with Crippen molar-refractivity contribution in [2.24, 2.45) is 0 Å². The second-order valence-electron chi connectivity index (χ2n) is 4.63. The molecule has 10 nitrogen and oxygen atoms in total. The van der Waals surface area contributed by atoms with Crippen molar-refractivity contribution in [2.45, 2.75) is 39.5 Å². The predicted molar refractivity (Wildman–Crippen MR) is 84.3 cm³/mol. The molecule has 0 aromatic carbocycles. The second-order valence-corrected chi connectivity index (χ2v) is 4.63. The zero-order valence-electron chi connectivity index (χ0n) is 14.1. The van der Waals surface area contributed by atoms with Gasteiger partial charge in [-0.2, -0.15) is 10.0 Å². The highest BCUT2D eigenvalue weighted by Gasteiger charge is 2.34. The van der Waals surface area contributed by atoms with Crippen molar-refractivity contribution in [2.75, 3.05) is 0 Å². The summed E-state index contributed by atoms with van der Waals surface area (Å²) >= 11 is 0. The van der Waals surface area contributed by atoms with Gasteiger partial charge in [0, 0.05) is 36.5 Å². The molecule has 0 saturated carbocycles. The summed E-state index contributed by atoms with van der Waals surface area (Å²) in [4.78, 5) is 69.6. The summed E-state index contributed by atoms with van der Waals surface area (Å²) in [6.45, 7) is 3.18. The van der Waals surface area contributed by atoms with Crippen LogP contribution in [-0.4, -0.2) is 55.8 Å². The number of carbonyl (C=O) groups is 6. The molecule has 0 bridgehead atoms. The van der Waals surface area contributed by atoms with Crippen LogP contribution in [0, 0.1) is 23.7 Å². The van der Waals surface area contributed by atoms with E-state index in [-0.39, 0.29) is 35.7 Å². The molecule has 0 fully saturated rings. The van der Waals surface area contributed by atoms with Gasteiger partial charge >= 0.3 is 23.8 Å². The van der Waals surface area contributed by atoms with Crippen molar-refractivity contribution in [3.8, 4) is 23.7 Å². The summed E-state index contributed by atoms with van der Waals surface area (Å²) in [5.74, 6) is -1.96. The van der Waals surface area contributed by atoms with Crippen molar-refractivity contribution >= 4 is 35.6 Å². The fraction of sp³-hybridized carbons (Fsp3) is 0.375. The quantitative estimate of drug-likeness (QED) is 0.495. The van der Waals surface area contributed by atoms with E-state index in [1.54, 1.807) is 25.7 Å². The summed E-state index contributed by atoms with van der Waals surface area (Å²) in [5.41, 5.74) is 0. The Bertz CT molecular complexity index is 684. The van der Waals surface area contributed by atoms with Gasteiger partial charge in [-0.15, -0.1) is 0 Å². The molecule has 0 spiro atoms. The average Bonchev–Trinajstić information content (AvgIpc) is 2.55. The molecule has 0 heterocycles. The Morgan fingerprint density at radius 2 is 0.962 bits per heavy atom. The lowest BCUT2D eigenvalue weighted by molar-refractivity contribution is -0.175. The van der Waals surface area contributed by atoms with E-state index in [0.717, 1.165) is 0 Å². The molecule has 2 N–H and O–H groups in total. The van der Waals surface area contributed by atoms with E-state index in [1.807, 2.05) is 0 Å². The van der Waals surface area contributed by atoms with Crippen LogP contribution in [0.3, 0.4) is 0 Å². The van der Waals surface area contributed by atoms with Gasteiger partial charge in [-0.05, 0) is 12.8 Å². The summed E-state index contributed by atoms with van der Waals surface area (Å²) < 4.78 is 0. The Hall–Kier alpha value is -3.66. The highest BCUT2D eigenvalue weighted by Crippen LogP contribution is 2.09. The van der Waals surface area contributed by atoms with Gasteiger partial charge in [-0.25, -0.2) is 9.59 Å². The highest BCUT2D eigenvalue weighted by atomic mass is 16.4. The van der Waals surface area contributed by atoms with Crippen molar-refractivity contribution in [1.29, 1.82) is 0 Å². The molecule has 0 radical (unpaired) electrons. The number of hydrogen-bond acceptors (Lipinski definition) is 6. The van der Waals surface area contributed by atoms with Crippen LogP contribution in [0.25, 0.3) is 0 Å². The van der Waals surface area contributed by atoms with Gasteiger partial charge in [0.2, 0.25) is 11.8 Å². The zero-order valence-corrected chi connectivity index (χ0v) is 14.1. The molecule has 0 atom stereocenters. The monoisotopic (exact) mass is 364 g/mol. The molecule has 0 unspecified atom stereocenters. The Kier molecular flexibility index (Phi) is 9.45. The third kappa shape index (κ3) is 7.27. The average molecular weight is 364 g/mol. The molecule has 0 aliphatic carbocycles. The SMILES string of the molecule is CCCC(=O)N(C(=O)C#CC(=O)O)N(C(=O)C#CC(=O)O)C(=O)CCC. The maximum Gasteiger partial charge on any atom is 0.382 e. The lowest BCUT2D eigenvalue weighted by Gasteiger charge is -2.28. The van der Waals surface area contributed by atoms with E-state index in [2.05, 4.69) is 0 Å². The number of carbonyl (C=O) groups excluding carboxylic acids is 4. The fourth-order valence-corrected chi connectivity index (χ4v) is 1.59. The molecule has 0 aromatic heterocycles. The minimum Gasteiger partial charge on any atom is -0.472 e. The number of imide groups is 2. The molecular formula is C16H16N2O8. The minimum absolute atomic E-state index is 0.0935. The number of carboxylic acids is 2. The van der Waals surface area contributed by atoms with Crippen LogP contribution >= 0.6 is 0 Å². The molecular weight excluding hydrogens is 348 g/mol. The normalized spacial score (nSPS) is 8.85. The summed E-state index contributed by atoms with van der Waals surface area (Å²) in [5, 5.41) is 17.2. The van der Waals surface area contributed by atoms with E-state index in [1.165, 1.54) is 11.8 Å². The number of hydrazine groups is 1. The van der Waals surface area contributed by atoms with Crippen molar-refractivity contribution < 1.29 is 39.0 Å². The standard InChI is InChI=1S/C16H16N2O8/c1-3-5-11(19)17(13(21)7-9-15(23)24)18(12(20)6-4-2)14(22)8-10-16(25)26/h3-6H2,1-2H3,(H,23,24)(H,25,26). The van der Waals surface area contributed by atoms with Crippen LogP contribution in [0.5, 0.6) is 0 Å². The van der Waals surface area contributed by atoms with E-state index in [0.29, 0.717) is 0 Å². The van der Waals surface area contributed by atoms with E-state index in [4.69, 9.17) is 10.2 Å². The molecule has 0 aromatic rings. The number of carboxylic acid groups (broad SMARTS) is 2. The van der Waals surface area contributed by atoms with Gasteiger partial charge in [0.1, 0.15) is 0 Å². The fourth-order valence-electron chi connectivity index (χ4n) is 1.59. The largest absolute Gasteiger partial charge is 0.472 e. The van der Waals surface area contributed by atoms with Gasteiger partial charge in [0.15, 0.2) is 0 Å². The van der Waals surface area contributed by atoms with Crippen LogP contribution in [0.15, 0.2) is 0 Å². The maximum atomic E-state index is 12.2. The van der Waals surface area contributed by atoms with Crippen LogP contribution in [0.4, 0.5) is 0 Å². The van der Waals surface area contributed by atoms with Crippen LogP contribution in [0.1, 0.15) is 39.5 Å².